The maximum Gasteiger partial charge on any atom is 0.309 e. The average Bonchev–Trinajstić information content (AvgIpc) is 2.98. The number of rotatable bonds is 4. The van der Waals surface area contributed by atoms with Gasteiger partial charge < -0.3 is 5.11 Å². The molecule has 1 N–H and O–H groups in total. The van der Waals surface area contributed by atoms with Crippen LogP contribution in [0.25, 0.3) is 0 Å². The lowest BCUT2D eigenvalue weighted by Crippen LogP contribution is -2.31. The standard InChI is InChI=1S/C14H15NO4/c16-13(17)14(7-10-5-11(10)8-14)6-9-1-3-12(4-2-9)15(18)19/h1-4,10-11H,5-8H2,(H,16,17). The normalized spacial score (nSPS) is 31.8. The van der Waals surface area contributed by atoms with Crippen molar-refractivity contribution >= 4 is 11.7 Å². The monoisotopic (exact) mass is 261 g/mol. The maximum absolute atomic E-state index is 11.6. The third-order valence-electron chi connectivity index (χ3n) is 4.52. The number of carboxylic acid groups (broad SMARTS) is 1. The summed E-state index contributed by atoms with van der Waals surface area (Å²) in [6.45, 7) is 0. The molecule has 2 aliphatic carbocycles. The van der Waals surface area contributed by atoms with Gasteiger partial charge in [-0.1, -0.05) is 12.1 Å². The van der Waals surface area contributed by atoms with Gasteiger partial charge in [0.15, 0.2) is 0 Å². The third kappa shape index (κ3) is 2.09. The first-order valence-electron chi connectivity index (χ1n) is 6.47. The molecule has 5 heteroatoms. The summed E-state index contributed by atoms with van der Waals surface area (Å²) in [6.07, 6.45) is 3.16. The van der Waals surface area contributed by atoms with Crippen molar-refractivity contribution in [1.29, 1.82) is 0 Å². The van der Waals surface area contributed by atoms with Crippen molar-refractivity contribution in [2.45, 2.75) is 25.7 Å². The van der Waals surface area contributed by atoms with Gasteiger partial charge in [-0.3, -0.25) is 14.9 Å². The molecule has 2 unspecified atom stereocenters. The average molecular weight is 261 g/mol. The van der Waals surface area contributed by atoms with Crippen LogP contribution in [0.2, 0.25) is 0 Å². The molecule has 1 aromatic rings. The van der Waals surface area contributed by atoms with Crippen molar-refractivity contribution < 1.29 is 14.8 Å². The number of carbonyl (C=O) groups is 1. The van der Waals surface area contributed by atoms with E-state index in [1.807, 2.05) is 0 Å². The van der Waals surface area contributed by atoms with Gasteiger partial charge in [0, 0.05) is 12.1 Å². The molecule has 0 saturated heterocycles. The van der Waals surface area contributed by atoms with E-state index in [9.17, 15) is 20.0 Å². The van der Waals surface area contributed by atoms with Crippen LogP contribution < -0.4 is 0 Å². The van der Waals surface area contributed by atoms with Gasteiger partial charge in [0.2, 0.25) is 0 Å². The van der Waals surface area contributed by atoms with E-state index in [4.69, 9.17) is 0 Å². The highest BCUT2D eigenvalue weighted by Gasteiger charge is 2.57. The molecule has 0 amide bonds. The van der Waals surface area contributed by atoms with Crippen LogP contribution in [0.1, 0.15) is 24.8 Å². The summed E-state index contributed by atoms with van der Waals surface area (Å²) in [5.41, 5.74) is 0.265. The fraction of sp³-hybridized carbons (Fsp3) is 0.500. The number of hydrogen-bond donors (Lipinski definition) is 1. The lowest BCUT2D eigenvalue weighted by Gasteiger charge is -2.25. The molecule has 0 bridgehead atoms. The summed E-state index contributed by atoms with van der Waals surface area (Å²) < 4.78 is 0. The van der Waals surface area contributed by atoms with Crippen molar-refractivity contribution in [2.75, 3.05) is 0 Å². The smallest absolute Gasteiger partial charge is 0.309 e. The molecule has 0 spiro atoms. The number of carboxylic acids is 1. The molecule has 5 nitrogen and oxygen atoms in total. The number of nitro benzene ring substituents is 1. The molecule has 2 atom stereocenters. The summed E-state index contributed by atoms with van der Waals surface area (Å²) in [5.74, 6) is 0.460. The Kier molecular flexibility index (Phi) is 2.59. The Labute approximate surface area is 110 Å². The van der Waals surface area contributed by atoms with Gasteiger partial charge in [-0.25, -0.2) is 0 Å². The van der Waals surface area contributed by atoms with Crippen LogP contribution in [0.4, 0.5) is 5.69 Å². The van der Waals surface area contributed by atoms with E-state index >= 15 is 0 Å². The molecular weight excluding hydrogens is 246 g/mol. The Balaban J connectivity index is 1.79. The molecule has 100 valence electrons. The molecule has 1 aromatic carbocycles. The highest BCUT2D eigenvalue weighted by molar-refractivity contribution is 5.76. The lowest BCUT2D eigenvalue weighted by atomic mass is 9.77. The Bertz CT molecular complexity index is 527. The van der Waals surface area contributed by atoms with Gasteiger partial charge in [0.25, 0.3) is 5.69 Å². The highest BCUT2D eigenvalue weighted by Crippen LogP contribution is 2.60. The fourth-order valence-electron chi connectivity index (χ4n) is 3.42. The molecule has 0 radical (unpaired) electrons. The van der Waals surface area contributed by atoms with E-state index in [0.717, 1.165) is 18.4 Å². The molecule has 3 rings (SSSR count). The van der Waals surface area contributed by atoms with Gasteiger partial charge in [-0.05, 0) is 43.1 Å². The molecule has 2 saturated carbocycles. The van der Waals surface area contributed by atoms with Crippen LogP contribution in [0.3, 0.4) is 0 Å². The zero-order chi connectivity index (χ0) is 13.6. The second kappa shape index (κ2) is 4.05. The Morgan fingerprint density at radius 1 is 1.32 bits per heavy atom. The summed E-state index contributed by atoms with van der Waals surface area (Å²) in [4.78, 5) is 21.7. The van der Waals surface area contributed by atoms with E-state index in [-0.39, 0.29) is 5.69 Å². The zero-order valence-electron chi connectivity index (χ0n) is 10.4. The van der Waals surface area contributed by atoms with Gasteiger partial charge in [-0.15, -0.1) is 0 Å². The predicted octanol–water partition coefficient (Wildman–Crippen LogP) is 2.64. The second-order valence-electron chi connectivity index (χ2n) is 5.85. The van der Waals surface area contributed by atoms with Gasteiger partial charge in [0.1, 0.15) is 0 Å². The summed E-state index contributed by atoms with van der Waals surface area (Å²) in [5, 5.41) is 20.1. The number of benzene rings is 1. The summed E-state index contributed by atoms with van der Waals surface area (Å²) in [7, 11) is 0. The van der Waals surface area contributed by atoms with E-state index in [1.54, 1.807) is 12.1 Å². The predicted molar refractivity (Wildman–Crippen MR) is 67.7 cm³/mol. The molecule has 0 aliphatic heterocycles. The van der Waals surface area contributed by atoms with Gasteiger partial charge in [0.05, 0.1) is 10.3 Å². The van der Waals surface area contributed by atoms with E-state index < -0.39 is 16.3 Å². The number of hydrogen-bond acceptors (Lipinski definition) is 3. The largest absolute Gasteiger partial charge is 0.481 e. The minimum atomic E-state index is -0.724. The SMILES string of the molecule is O=C(O)C1(Cc2ccc([N+](=O)[O-])cc2)CC2CC2C1. The van der Waals surface area contributed by atoms with Crippen molar-refractivity contribution in [2.24, 2.45) is 17.3 Å². The van der Waals surface area contributed by atoms with E-state index in [0.29, 0.717) is 18.3 Å². The van der Waals surface area contributed by atoms with E-state index in [2.05, 4.69) is 0 Å². The van der Waals surface area contributed by atoms with E-state index in [1.165, 1.54) is 18.6 Å². The topological polar surface area (TPSA) is 80.4 Å². The van der Waals surface area contributed by atoms with Crippen LogP contribution in [0, 0.1) is 27.4 Å². The molecular formula is C14H15NO4. The Morgan fingerprint density at radius 3 is 2.37 bits per heavy atom. The summed E-state index contributed by atoms with van der Waals surface area (Å²) >= 11 is 0. The highest BCUT2D eigenvalue weighted by atomic mass is 16.6. The first-order chi connectivity index (χ1) is 9.00. The Morgan fingerprint density at radius 2 is 1.89 bits per heavy atom. The van der Waals surface area contributed by atoms with Gasteiger partial charge >= 0.3 is 5.97 Å². The van der Waals surface area contributed by atoms with Crippen molar-refractivity contribution in [1.82, 2.24) is 0 Å². The quantitative estimate of drug-likeness (QED) is 0.667. The third-order valence-corrected chi connectivity index (χ3v) is 4.52. The first-order valence-corrected chi connectivity index (χ1v) is 6.47. The first kappa shape index (κ1) is 12.1. The number of fused-ring (bicyclic) bond motifs is 1. The molecule has 19 heavy (non-hydrogen) atoms. The zero-order valence-corrected chi connectivity index (χ0v) is 10.4. The fourth-order valence-corrected chi connectivity index (χ4v) is 3.42. The second-order valence-corrected chi connectivity index (χ2v) is 5.85. The van der Waals surface area contributed by atoms with Crippen molar-refractivity contribution in [3.8, 4) is 0 Å². The molecule has 2 fully saturated rings. The maximum atomic E-state index is 11.6. The number of nitro groups is 1. The minimum Gasteiger partial charge on any atom is -0.481 e. The lowest BCUT2D eigenvalue weighted by molar-refractivity contribution is -0.384. The number of non-ortho nitro benzene ring substituents is 1. The molecule has 0 heterocycles. The Hall–Kier alpha value is -1.91. The van der Waals surface area contributed by atoms with Crippen LogP contribution >= 0.6 is 0 Å². The van der Waals surface area contributed by atoms with Crippen LogP contribution in [0.15, 0.2) is 24.3 Å². The molecule has 2 aliphatic rings. The van der Waals surface area contributed by atoms with Crippen molar-refractivity contribution in [3.63, 3.8) is 0 Å². The van der Waals surface area contributed by atoms with Crippen LogP contribution in [0.5, 0.6) is 0 Å². The molecule has 0 aromatic heterocycles. The minimum absolute atomic E-state index is 0.0439. The van der Waals surface area contributed by atoms with Crippen molar-refractivity contribution in [3.05, 3.63) is 39.9 Å². The summed E-state index contributed by atoms with van der Waals surface area (Å²) in [6, 6.07) is 6.24. The van der Waals surface area contributed by atoms with Crippen LogP contribution in [-0.4, -0.2) is 16.0 Å². The van der Waals surface area contributed by atoms with Gasteiger partial charge in [-0.2, -0.15) is 0 Å². The number of aliphatic carboxylic acids is 1. The van der Waals surface area contributed by atoms with Crippen LogP contribution in [-0.2, 0) is 11.2 Å². The number of nitrogens with zero attached hydrogens (tertiary/aromatic N) is 1.